The lowest BCUT2D eigenvalue weighted by atomic mass is 10.1. The van der Waals surface area contributed by atoms with Crippen LogP contribution >= 0.6 is 0 Å². The number of rotatable bonds is 7. The van der Waals surface area contributed by atoms with Crippen LogP contribution in [0.15, 0.2) is 103 Å². The molecule has 148 valence electrons. The first-order valence-corrected chi connectivity index (χ1v) is 9.80. The number of para-hydroxylation sites is 1. The Hall–Kier alpha value is -3.99. The topological polar surface area (TPSA) is 58.1 Å². The van der Waals surface area contributed by atoms with E-state index in [1.807, 2.05) is 84.9 Å². The first kappa shape index (κ1) is 19.3. The number of carbonyl (C=O) groups excluding carboxylic acids is 1. The number of nitrogens with zero attached hydrogens (tertiary/aromatic N) is 3. The van der Waals surface area contributed by atoms with Gasteiger partial charge in [-0.25, -0.2) is 0 Å². The summed E-state index contributed by atoms with van der Waals surface area (Å²) in [6, 6.07) is 29.0. The number of nitrogens with one attached hydrogen (secondary N) is 1. The van der Waals surface area contributed by atoms with E-state index >= 15 is 0 Å². The molecule has 0 unspecified atom stereocenters. The van der Waals surface area contributed by atoms with Gasteiger partial charge in [0.25, 0.3) is 5.91 Å². The average molecular weight is 394 g/mol. The van der Waals surface area contributed by atoms with Gasteiger partial charge < -0.3 is 10.2 Å². The van der Waals surface area contributed by atoms with E-state index in [9.17, 15) is 4.79 Å². The second-order valence-corrected chi connectivity index (χ2v) is 6.82. The number of benzene rings is 2. The molecule has 0 radical (unpaired) electrons. The van der Waals surface area contributed by atoms with E-state index in [0.29, 0.717) is 18.8 Å². The van der Waals surface area contributed by atoms with Gasteiger partial charge in [-0.05, 0) is 42.0 Å². The molecule has 0 saturated heterocycles. The van der Waals surface area contributed by atoms with Gasteiger partial charge >= 0.3 is 0 Å². The molecule has 0 atom stereocenters. The maximum atomic E-state index is 13.4. The van der Waals surface area contributed by atoms with Crippen LogP contribution in [0, 0.1) is 0 Å². The van der Waals surface area contributed by atoms with Crippen molar-refractivity contribution < 1.29 is 4.79 Å². The fourth-order valence-corrected chi connectivity index (χ4v) is 3.15. The monoisotopic (exact) mass is 394 g/mol. The van der Waals surface area contributed by atoms with Crippen molar-refractivity contribution >= 4 is 17.3 Å². The molecule has 4 aromatic rings. The van der Waals surface area contributed by atoms with Crippen LogP contribution in [0.3, 0.4) is 0 Å². The zero-order valence-corrected chi connectivity index (χ0v) is 16.5. The van der Waals surface area contributed by atoms with E-state index in [-0.39, 0.29) is 5.91 Å². The average Bonchev–Trinajstić information content (AvgIpc) is 2.83. The predicted octanol–water partition coefficient (Wildman–Crippen LogP) is 4.94. The summed E-state index contributed by atoms with van der Waals surface area (Å²) in [5.74, 6) is -0.147. The molecular formula is C25H22N4O. The van der Waals surface area contributed by atoms with E-state index in [1.165, 1.54) is 0 Å². The molecule has 2 aromatic heterocycles. The minimum absolute atomic E-state index is 0.147. The zero-order valence-electron chi connectivity index (χ0n) is 16.5. The largest absolute Gasteiger partial charge is 0.379 e. The fraction of sp³-hybridized carbons (Fsp3) is 0.0800. The van der Waals surface area contributed by atoms with Gasteiger partial charge in [-0.2, -0.15) is 0 Å². The summed E-state index contributed by atoms with van der Waals surface area (Å²) in [7, 11) is 0. The van der Waals surface area contributed by atoms with Crippen LogP contribution in [0.4, 0.5) is 11.4 Å². The third kappa shape index (κ3) is 4.89. The van der Waals surface area contributed by atoms with E-state index < -0.39 is 0 Å². The van der Waals surface area contributed by atoms with Crippen molar-refractivity contribution in [2.24, 2.45) is 0 Å². The molecule has 0 bridgehead atoms. The number of hydrogen-bond acceptors (Lipinski definition) is 4. The number of hydrogen-bond donors (Lipinski definition) is 1. The first-order valence-electron chi connectivity index (χ1n) is 9.80. The highest BCUT2D eigenvalue weighted by Gasteiger charge is 2.19. The van der Waals surface area contributed by atoms with Gasteiger partial charge in [0.15, 0.2) is 0 Å². The minimum atomic E-state index is -0.147. The maximum Gasteiger partial charge on any atom is 0.277 e. The van der Waals surface area contributed by atoms with Crippen molar-refractivity contribution in [2.45, 2.75) is 13.1 Å². The van der Waals surface area contributed by atoms with Crippen molar-refractivity contribution in [3.8, 4) is 0 Å². The van der Waals surface area contributed by atoms with E-state index in [1.54, 1.807) is 23.4 Å². The highest BCUT2D eigenvalue weighted by Crippen LogP contribution is 2.20. The van der Waals surface area contributed by atoms with Crippen molar-refractivity contribution in [1.82, 2.24) is 9.97 Å². The van der Waals surface area contributed by atoms with Crippen molar-refractivity contribution in [1.29, 1.82) is 0 Å². The van der Waals surface area contributed by atoms with Gasteiger partial charge in [0.05, 0.1) is 18.8 Å². The van der Waals surface area contributed by atoms with E-state index in [0.717, 1.165) is 22.6 Å². The number of aromatic nitrogens is 2. The molecule has 1 amide bonds. The Labute approximate surface area is 176 Å². The smallest absolute Gasteiger partial charge is 0.277 e. The Bertz CT molecular complexity index is 1090. The van der Waals surface area contributed by atoms with Crippen molar-refractivity contribution in [3.05, 3.63) is 120 Å². The highest BCUT2D eigenvalue weighted by molar-refractivity contribution is 6.05. The lowest BCUT2D eigenvalue weighted by Gasteiger charge is -2.23. The third-order valence-electron chi connectivity index (χ3n) is 4.68. The Kier molecular flexibility index (Phi) is 6.11. The van der Waals surface area contributed by atoms with Crippen LogP contribution < -0.4 is 10.2 Å². The third-order valence-corrected chi connectivity index (χ3v) is 4.68. The van der Waals surface area contributed by atoms with E-state index in [4.69, 9.17) is 0 Å². The van der Waals surface area contributed by atoms with Crippen LogP contribution in [0.1, 0.15) is 21.7 Å². The Morgan fingerprint density at radius 1 is 0.800 bits per heavy atom. The number of carbonyl (C=O) groups is 1. The molecule has 2 heterocycles. The SMILES string of the molecule is O=C(c1cc(NCc2ccccn2)ccn1)N(Cc1ccccc1)c1ccccc1. The van der Waals surface area contributed by atoms with Crippen LogP contribution in [-0.2, 0) is 13.1 Å². The van der Waals surface area contributed by atoms with Crippen molar-refractivity contribution in [2.75, 3.05) is 10.2 Å². The quantitative estimate of drug-likeness (QED) is 0.483. The lowest BCUT2D eigenvalue weighted by Crippen LogP contribution is -2.31. The summed E-state index contributed by atoms with van der Waals surface area (Å²) >= 11 is 0. The molecule has 0 fully saturated rings. The van der Waals surface area contributed by atoms with E-state index in [2.05, 4.69) is 15.3 Å². The normalized spacial score (nSPS) is 10.4. The highest BCUT2D eigenvalue weighted by atomic mass is 16.2. The van der Waals surface area contributed by atoms with Crippen LogP contribution in [-0.4, -0.2) is 15.9 Å². The molecule has 4 rings (SSSR count). The Morgan fingerprint density at radius 3 is 2.27 bits per heavy atom. The number of amides is 1. The molecule has 0 aliphatic heterocycles. The second kappa shape index (κ2) is 9.47. The standard InChI is InChI=1S/C25H22N4O/c30-25(24-17-21(14-16-27-24)28-18-22-11-7-8-15-26-22)29(23-12-5-2-6-13-23)19-20-9-3-1-4-10-20/h1-17H,18-19H2,(H,27,28). The Morgan fingerprint density at radius 2 is 1.53 bits per heavy atom. The van der Waals surface area contributed by atoms with Gasteiger partial charge in [-0.1, -0.05) is 54.6 Å². The summed E-state index contributed by atoms with van der Waals surface area (Å²) < 4.78 is 0. The molecular weight excluding hydrogens is 372 g/mol. The van der Waals surface area contributed by atoms with Gasteiger partial charge in [-0.3, -0.25) is 14.8 Å². The molecule has 5 nitrogen and oxygen atoms in total. The number of anilines is 2. The summed E-state index contributed by atoms with van der Waals surface area (Å²) in [6.45, 7) is 1.04. The predicted molar refractivity (Wildman–Crippen MR) is 119 cm³/mol. The fourth-order valence-electron chi connectivity index (χ4n) is 3.15. The maximum absolute atomic E-state index is 13.4. The van der Waals surface area contributed by atoms with Crippen molar-refractivity contribution in [3.63, 3.8) is 0 Å². The summed E-state index contributed by atoms with van der Waals surface area (Å²) in [5, 5.41) is 3.31. The van der Waals surface area contributed by atoms with Crippen LogP contribution in [0.25, 0.3) is 0 Å². The second-order valence-electron chi connectivity index (χ2n) is 6.82. The van der Waals surface area contributed by atoms with Gasteiger partial charge in [0, 0.05) is 23.8 Å². The molecule has 2 aromatic carbocycles. The molecule has 0 spiro atoms. The minimum Gasteiger partial charge on any atom is -0.379 e. The molecule has 5 heteroatoms. The molecule has 30 heavy (non-hydrogen) atoms. The van der Waals surface area contributed by atoms with Crippen LogP contribution in [0.2, 0.25) is 0 Å². The molecule has 0 saturated carbocycles. The summed E-state index contributed by atoms with van der Waals surface area (Å²) in [6.07, 6.45) is 3.42. The Balaban J connectivity index is 1.56. The number of pyridine rings is 2. The molecule has 0 aliphatic carbocycles. The first-order chi connectivity index (χ1) is 14.8. The lowest BCUT2D eigenvalue weighted by molar-refractivity contribution is 0.0980. The molecule has 0 aliphatic rings. The summed E-state index contributed by atoms with van der Waals surface area (Å²) in [4.78, 5) is 23.8. The summed E-state index contributed by atoms with van der Waals surface area (Å²) in [5.41, 5.74) is 4.03. The van der Waals surface area contributed by atoms with Gasteiger partial charge in [0.2, 0.25) is 0 Å². The van der Waals surface area contributed by atoms with Crippen LogP contribution in [0.5, 0.6) is 0 Å². The molecule has 1 N–H and O–H groups in total. The van der Waals surface area contributed by atoms with Gasteiger partial charge in [-0.15, -0.1) is 0 Å². The van der Waals surface area contributed by atoms with Gasteiger partial charge in [0.1, 0.15) is 5.69 Å². The zero-order chi connectivity index (χ0) is 20.6.